The smallest absolute Gasteiger partial charge is 0.0540 e. The molecule has 0 radical (unpaired) electrons. The van der Waals surface area contributed by atoms with E-state index < -0.39 is 0 Å². The average Bonchev–Trinajstić information content (AvgIpc) is 3.90. The molecule has 0 N–H and O–H groups in total. The van der Waals surface area contributed by atoms with Crippen LogP contribution < -0.4 is 4.90 Å². The Morgan fingerprint density at radius 3 is 1.33 bits per heavy atom. The predicted octanol–water partition coefficient (Wildman–Crippen LogP) is 17.7. The van der Waals surface area contributed by atoms with Crippen LogP contribution in [-0.4, -0.2) is 0 Å². The zero-order valence-electron chi connectivity index (χ0n) is 33.1. The maximum atomic E-state index is 2.41. The minimum atomic E-state index is 1.10. The summed E-state index contributed by atoms with van der Waals surface area (Å²) in [6, 6.07) is 82.5. The maximum Gasteiger partial charge on any atom is 0.0540 e. The molecule has 10 aromatic carbocycles. The monoisotopic (exact) mass is 811 g/mol. The van der Waals surface area contributed by atoms with Crippen molar-refractivity contribution in [1.82, 2.24) is 0 Å². The predicted molar refractivity (Wildman–Crippen MR) is 266 cm³/mol. The van der Waals surface area contributed by atoms with E-state index >= 15 is 0 Å². The third-order valence-electron chi connectivity index (χ3n) is 12.1. The van der Waals surface area contributed by atoms with Gasteiger partial charge in [0.1, 0.15) is 0 Å². The summed E-state index contributed by atoms with van der Waals surface area (Å²) in [6.45, 7) is 0. The van der Waals surface area contributed by atoms with E-state index in [2.05, 4.69) is 229 Å². The summed E-state index contributed by atoms with van der Waals surface area (Å²) in [5.41, 5.74) is 13.0. The summed E-state index contributed by atoms with van der Waals surface area (Å²) in [6.07, 6.45) is 0. The molecule has 0 aliphatic rings. The maximum absolute atomic E-state index is 2.41. The summed E-state index contributed by atoms with van der Waals surface area (Å²) in [4.78, 5) is 2.41. The van der Waals surface area contributed by atoms with E-state index in [0.717, 1.165) is 17.1 Å². The Morgan fingerprint density at radius 2 is 0.705 bits per heavy atom. The molecule has 1 nitrogen and oxygen atoms in total. The quantitative estimate of drug-likeness (QED) is 0.155. The van der Waals surface area contributed by atoms with Crippen molar-refractivity contribution in [3.8, 4) is 44.5 Å². The van der Waals surface area contributed by atoms with Gasteiger partial charge in [0.2, 0.25) is 0 Å². The van der Waals surface area contributed by atoms with E-state index in [-0.39, 0.29) is 0 Å². The van der Waals surface area contributed by atoms with Crippen molar-refractivity contribution in [2.45, 2.75) is 0 Å². The first-order valence-corrected chi connectivity index (χ1v) is 22.4. The van der Waals surface area contributed by atoms with Crippen molar-refractivity contribution < 1.29 is 0 Å². The second-order valence-electron chi connectivity index (χ2n) is 15.7. The number of hydrogen-bond acceptors (Lipinski definition) is 3. The van der Waals surface area contributed by atoms with Gasteiger partial charge in [0.15, 0.2) is 0 Å². The summed E-state index contributed by atoms with van der Waals surface area (Å²) in [5, 5.41) is 7.80. The molecule has 0 aliphatic heterocycles. The van der Waals surface area contributed by atoms with Crippen LogP contribution in [0.4, 0.5) is 17.1 Å². The van der Waals surface area contributed by atoms with E-state index in [0.29, 0.717) is 0 Å². The van der Waals surface area contributed by atoms with Gasteiger partial charge in [0.05, 0.1) is 5.69 Å². The fourth-order valence-electron chi connectivity index (χ4n) is 9.09. The minimum Gasteiger partial charge on any atom is -0.310 e. The number of benzene rings is 10. The Kier molecular flexibility index (Phi) is 8.62. The summed E-state index contributed by atoms with van der Waals surface area (Å²) in [7, 11) is 0. The number of nitrogens with zero attached hydrogens (tertiary/aromatic N) is 1. The fraction of sp³-hybridized carbons (Fsp3) is 0. The normalized spacial score (nSPS) is 11.6. The molecule has 0 saturated heterocycles. The molecule has 3 heteroatoms. The molecule has 0 saturated carbocycles. The standard InChI is InChI=1S/C58H37NS2/c1-2-15-47-40(11-1)12-10-19-48(47)43-13-9-14-44(35-43)49-16-3-6-20-54(49)59(45-29-23-38(24-30-45)41-27-33-52-50-17-4-7-21-55(50)60-57(52)36-41)46-31-25-39(26-32-46)42-28-34-53-51-18-5-8-22-56(51)61-58(53)37-42/h1-37H. The Balaban J connectivity index is 0.962. The third kappa shape index (κ3) is 6.29. The first-order chi connectivity index (χ1) is 30.2. The van der Waals surface area contributed by atoms with E-state index in [1.165, 1.54) is 95.6 Å². The number of thiophene rings is 2. The second-order valence-corrected chi connectivity index (χ2v) is 17.8. The lowest BCUT2D eigenvalue weighted by Gasteiger charge is -2.28. The van der Waals surface area contributed by atoms with E-state index in [1.54, 1.807) is 0 Å². The van der Waals surface area contributed by atoms with Crippen molar-refractivity contribution in [3.05, 3.63) is 224 Å². The molecular weight excluding hydrogens is 775 g/mol. The fourth-order valence-corrected chi connectivity index (χ4v) is 11.4. The number of para-hydroxylation sites is 1. The molecule has 0 aliphatic carbocycles. The van der Waals surface area contributed by atoms with Crippen LogP contribution in [0.1, 0.15) is 0 Å². The van der Waals surface area contributed by atoms with E-state index in [1.807, 2.05) is 22.7 Å². The summed E-state index contributed by atoms with van der Waals surface area (Å²) >= 11 is 3.73. The number of rotatable bonds is 7. The van der Waals surface area contributed by atoms with Crippen molar-refractivity contribution >= 4 is 90.9 Å². The third-order valence-corrected chi connectivity index (χ3v) is 14.4. The van der Waals surface area contributed by atoms with Crippen LogP contribution in [0.2, 0.25) is 0 Å². The lowest BCUT2D eigenvalue weighted by molar-refractivity contribution is 1.28. The summed E-state index contributed by atoms with van der Waals surface area (Å²) < 4.78 is 5.29. The van der Waals surface area contributed by atoms with Gasteiger partial charge < -0.3 is 4.90 Å². The van der Waals surface area contributed by atoms with Gasteiger partial charge in [-0.15, -0.1) is 22.7 Å². The lowest BCUT2D eigenvalue weighted by atomic mass is 9.94. The first-order valence-electron chi connectivity index (χ1n) is 20.7. The van der Waals surface area contributed by atoms with Crippen LogP contribution in [0.5, 0.6) is 0 Å². The average molecular weight is 812 g/mol. The first kappa shape index (κ1) is 35.6. The Morgan fingerprint density at radius 1 is 0.262 bits per heavy atom. The highest BCUT2D eigenvalue weighted by Gasteiger charge is 2.19. The van der Waals surface area contributed by atoms with Gasteiger partial charge in [-0.25, -0.2) is 0 Å². The number of fused-ring (bicyclic) bond motifs is 7. The van der Waals surface area contributed by atoms with Crippen LogP contribution in [-0.2, 0) is 0 Å². The van der Waals surface area contributed by atoms with Crippen molar-refractivity contribution in [2.24, 2.45) is 0 Å². The van der Waals surface area contributed by atoms with Crippen molar-refractivity contribution in [1.29, 1.82) is 0 Å². The zero-order valence-corrected chi connectivity index (χ0v) is 34.8. The Bertz CT molecular complexity index is 3430. The summed E-state index contributed by atoms with van der Waals surface area (Å²) in [5.74, 6) is 0. The van der Waals surface area contributed by atoms with Crippen molar-refractivity contribution in [3.63, 3.8) is 0 Å². The van der Waals surface area contributed by atoms with E-state index in [4.69, 9.17) is 0 Å². The van der Waals surface area contributed by atoms with Gasteiger partial charge in [-0.1, -0.05) is 164 Å². The van der Waals surface area contributed by atoms with Gasteiger partial charge in [-0.3, -0.25) is 0 Å². The molecule has 2 aromatic heterocycles. The molecule has 12 aromatic rings. The highest BCUT2D eigenvalue weighted by molar-refractivity contribution is 7.26. The molecular formula is C58H37NS2. The number of hydrogen-bond donors (Lipinski definition) is 0. The Hall–Kier alpha value is -7.30. The molecule has 0 amide bonds. The molecule has 12 rings (SSSR count). The van der Waals surface area contributed by atoms with Gasteiger partial charge in [-0.2, -0.15) is 0 Å². The molecule has 0 atom stereocenters. The minimum absolute atomic E-state index is 1.10. The molecule has 0 fully saturated rings. The SMILES string of the molecule is c1cc(-c2ccccc2N(c2ccc(-c3ccc4c(c3)sc3ccccc34)cc2)c2ccc(-c3ccc4c(c3)sc3ccccc34)cc2)cc(-c2cccc3ccccc23)c1. The molecule has 2 heterocycles. The highest BCUT2D eigenvalue weighted by atomic mass is 32.1. The van der Waals surface area contributed by atoms with Crippen molar-refractivity contribution in [2.75, 3.05) is 4.90 Å². The highest BCUT2D eigenvalue weighted by Crippen LogP contribution is 2.44. The van der Waals surface area contributed by atoms with Crippen LogP contribution in [0.25, 0.3) is 95.6 Å². The van der Waals surface area contributed by atoms with E-state index in [9.17, 15) is 0 Å². The molecule has 0 spiro atoms. The molecule has 0 bridgehead atoms. The van der Waals surface area contributed by atoms with Crippen LogP contribution in [0.15, 0.2) is 224 Å². The van der Waals surface area contributed by atoms with Gasteiger partial charge in [0, 0.05) is 57.3 Å². The largest absolute Gasteiger partial charge is 0.310 e. The van der Waals surface area contributed by atoms with Crippen LogP contribution in [0, 0.1) is 0 Å². The zero-order chi connectivity index (χ0) is 40.3. The molecule has 61 heavy (non-hydrogen) atoms. The second kappa shape index (κ2) is 14.8. The van der Waals surface area contributed by atoms with Gasteiger partial charge in [-0.05, 0) is 110 Å². The number of anilines is 3. The topological polar surface area (TPSA) is 3.24 Å². The van der Waals surface area contributed by atoms with Crippen LogP contribution >= 0.6 is 22.7 Å². The molecule has 0 unspecified atom stereocenters. The van der Waals surface area contributed by atoms with Gasteiger partial charge in [0.25, 0.3) is 0 Å². The van der Waals surface area contributed by atoms with Crippen LogP contribution in [0.3, 0.4) is 0 Å². The van der Waals surface area contributed by atoms with Gasteiger partial charge >= 0.3 is 0 Å². The Labute approximate surface area is 362 Å². The lowest BCUT2D eigenvalue weighted by Crippen LogP contribution is -2.11. The molecule has 286 valence electrons.